The van der Waals surface area contributed by atoms with Gasteiger partial charge in [0, 0.05) is 32.2 Å². The number of halogens is 1. The Hall–Kier alpha value is -0.570. The second-order valence-electron chi connectivity index (χ2n) is 4.82. The van der Waals surface area contributed by atoms with E-state index in [4.69, 9.17) is 0 Å². The molecule has 0 spiro atoms. The lowest BCUT2D eigenvalue weighted by molar-refractivity contribution is 0.176. The Bertz CT molecular complexity index is 323. The van der Waals surface area contributed by atoms with Gasteiger partial charge in [-0.15, -0.1) is 12.4 Å². The molecule has 1 N–H and O–H groups in total. The van der Waals surface area contributed by atoms with Gasteiger partial charge in [-0.25, -0.2) is 0 Å². The molecule has 0 radical (unpaired) electrons. The van der Waals surface area contributed by atoms with Crippen molar-refractivity contribution in [3.8, 4) is 0 Å². The van der Waals surface area contributed by atoms with Crippen molar-refractivity contribution >= 4 is 12.4 Å². The van der Waals surface area contributed by atoms with Crippen molar-refractivity contribution in [2.45, 2.75) is 26.3 Å². The second-order valence-corrected chi connectivity index (χ2v) is 4.82. The van der Waals surface area contributed by atoms with Crippen LogP contribution in [-0.2, 0) is 6.42 Å². The van der Waals surface area contributed by atoms with Crippen LogP contribution in [0.2, 0.25) is 0 Å². The highest BCUT2D eigenvalue weighted by atomic mass is 35.5. The summed E-state index contributed by atoms with van der Waals surface area (Å²) in [5, 5.41) is 3.43. The highest BCUT2D eigenvalue weighted by Gasteiger charge is 2.16. The SMILES string of the molecule is Cc1ccc(CCN2CCNC[C@H]2C)cc1.Cl. The van der Waals surface area contributed by atoms with E-state index in [9.17, 15) is 0 Å². The van der Waals surface area contributed by atoms with Crippen LogP contribution >= 0.6 is 12.4 Å². The van der Waals surface area contributed by atoms with Crippen LogP contribution in [0.5, 0.6) is 0 Å². The second kappa shape index (κ2) is 7.00. The topological polar surface area (TPSA) is 15.3 Å². The molecule has 1 heterocycles. The van der Waals surface area contributed by atoms with Gasteiger partial charge in [0.2, 0.25) is 0 Å². The van der Waals surface area contributed by atoms with E-state index in [2.05, 4.69) is 48.3 Å². The molecule has 1 saturated heterocycles. The van der Waals surface area contributed by atoms with E-state index < -0.39 is 0 Å². The summed E-state index contributed by atoms with van der Waals surface area (Å²) in [7, 11) is 0. The Morgan fingerprint density at radius 3 is 2.65 bits per heavy atom. The van der Waals surface area contributed by atoms with Gasteiger partial charge in [-0.1, -0.05) is 29.8 Å². The molecule has 0 unspecified atom stereocenters. The van der Waals surface area contributed by atoms with Gasteiger partial charge in [0.25, 0.3) is 0 Å². The van der Waals surface area contributed by atoms with Crippen LogP contribution in [-0.4, -0.2) is 37.1 Å². The minimum atomic E-state index is 0. The molecule has 0 amide bonds. The van der Waals surface area contributed by atoms with E-state index in [-0.39, 0.29) is 12.4 Å². The Balaban J connectivity index is 0.00000144. The van der Waals surface area contributed by atoms with Gasteiger partial charge in [0.05, 0.1) is 0 Å². The first-order chi connectivity index (χ1) is 7.75. The fraction of sp³-hybridized carbons (Fsp3) is 0.571. The number of nitrogens with one attached hydrogen (secondary N) is 1. The number of hydrogen-bond acceptors (Lipinski definition) is 2. The van der Waals surface area contributed by atoms with E-state index in [1.807, 2.05) is 0 Å². The quantitative estimate of drug-likeness (QED) is 0.890. The van der Waals surface area contributed by atoms with Gasteiger partial charge in [-0.05, 0) is 25.8 Å². The Labute approximate surface area is 111 Å². The van der Waals surface area contributed by atoms with Crippen LogP contribution in [0.3, 0.4) is 0 Å². The number of piperazine rings is 1. The summed E-state index contributed by atoms with van der Waals surface area (Å²) in [5.41, 5.74) is 2.80. The van der Waals surface area contributed by atoms with Crippen molar-refractivity contribution in [3.05, 3.63) is 35.4 Å². The summed E-state index contributed by atoms with van der Waals surface area (Å²) < 4.78 is 0. The van der Waals surface area contributed by atoms with Crippen molar-refractivity contribution < 1.29 is 0 Å². The fourth-order valence-corrected chi connectivity index (χ4v) is 2.24. The molecular formula is C14H23ClN2. The Kier molecular flexibility index (Phi) is 5.96. The first kappa shape index (κ1) is 14.5. The van der Waals surface area contributed by atoms with Crippen molar-refractivity contribution in [2.24, 2.45) is 0 Å². The van der Waals surface area contributed by atoms with Crippen molar-refractivity contribution in [1.82, 2.24) is 10.2 Å². The van der Waals surface area contributed by atoms with Crippen LogP contribution in [0.25, 0.3) is 0 Å². The average molecular weight is 255 g/mol. The molecule has 0 saturated carbocycles. The summed E-state index contributed by atoms with van der Waals surface area (Å²) >= 11 is 0. The molecule has 3 heteroatoms. The molecule has 0 aliphatic carbocycles. The molecule has 1 atom stereocenters. The van der Waals surface area contributed by atoms with Gasteiger partial charge in [-0.3, -0.25) is 4.90 Å². The van der Waals surface area contributed by atoms with E-state index in [1.54, 1.807) is 0 Å². The van der Waals surface area contributed by atoms with Crippen molar-refractivity contribution in [2.75, 3.05) is 26.2 Å². The van der Waals surface area contributed by atoms with Crippen LogP contribution in [0, 0.1) is 6.92 Å². The minimum absolute atomic E-state index is 0. The molecule has 1 aliphatic heterocycles. The smallest absolute Gasteiger partial charge is 0.0193 e. The normalized spacial score (nSPS) is 20.9. The van der Waals surface area contributed by atoms with Gasteiger partial charge in [-0.2, -0.15) is 0 Å². The van der Waals surface area contributed by atoms with Crippen molar-refractivity contribution in [3.63, 3.8) is 0 Å². The minimum Gasteiger partial charge on any atom is -0.314 e. The number of hydrogen-bond donors (Lipinski definition) is 1. The molecule has 2 nitrogen and oxygen atoms in total. The van der Waals surface area contributed by atoms with E-state index in [0.717, 1.165) is 13.1 Å². The fourth-order valence-electron chi connectivity index (χ4n) is 2.24. The predicted octanol–water partition coefficient (Wildman–Crippen LogP) is 2.25. The standard InChI is InChI=1S/C14H22N2.ClH/c1-12-3-5-14(6-4-12)7-9-16-10-8-15-11-13(16)2;/h3-6,13,15H,7-11H2,1-2H3;1H/t13-;/m1./s1. The largest absolute Gasteiger partial charge is 0.314 e. The third-order valence-corrected chi connectivity index (χ3v) is 3.45. The number of rotatable bonds is 3. The van der Waals surface area contributed by atoms with E-state index in [0.29, 0.717) is 6.04 Å². The maximum absolute atomic E-state index is 3.43. The van der Waals surface area contributed by atoms with Crippen LogP contribution in [0.1, 0.15) is 18.1 Å². The summed E-state index contributed by atoms with van der Waals surface area (Å²) in [6.45, 7) is 9.09. The first-order valence-corrected chi connectivity index (χ1v) is 6.26. The first-order valence-electron chi connectivity index (χ1n) is 6.26. The maximum atomic E-state index is 3.43. The van der Waals surface area contributed by atoms with Gasteiger partial charge >= 0.3 is 0 Å². The third kappa shape index (κ3) is 4.30. The number of aryl methyl sites for hydroxylation is 1. The van der Waals surface area contributed by atoms with Crippen LogP contribution in [0.4, 0.5) is 0 Å². The molecule has 1 aliphatic rings. The average Bonchev–Trinajstić information content (AvgIpc) is 2.30. The third-order valence-electron chi connectivity index (χ3n) is 3.45. The van der Waals surface area contributed by atoms with Gasteiger partial charge in [0.15, 0.2) is 0 Å². The lowest BCUT2D eigenvalue weighted by Gasteiger charge is -2.33. The molecule has 2 rings (SSSR count). The zero-order chi connectivity index (χ0) is 11.4. The monoisotopic (exact) mass is 254 g/mol. The van der Waals surface area contributed by atoms with Gasteiger partial charge in [0.1, 0.15) is 0 Å². The summed E-state index contributed by atoms with van der Waals surface area (Å²) in [6, 6.07) is 9.59. The molecule has 0 aromatic heterocycles. The molecule has 1 aromatic carbocycles. The highest BCUT2D eigenvalue weighted by Crippen LogP contribution is 2.07. The zero-order valence-electron chi connectivity index (χ0n) is 10.8. The van der Waals surface area contributed by atoms with E-state index in [1.165, 1.54) is 30.6 Å². The molecule has 17 heavy (non-hydrogen) atoms. The number of benzene rings is 1. The molecule has 0 bridgehead atoms. The van der Waals surface area contributed by atoms with Gasteiger partial charge < -0.3 is 5.32 Å². The Morgan fingerprint density at radius 2 is 2.00 bits per heavy atom. The van der Waals surface area contributed by atoms with Crippen LogP contribution < -0.4 is 5.32 Å². The summed E-state index contributed by atoms with van der Waals surface area (Å²) in [5.74, 6) is 0. The summed E-state index contributed by atoms with van der Waals surface area (Å²) in [4.78, 5) is 2.58. The highest BCUT2D eigenvalue weighted by molar-refractivity contribution is 5.85. The lowest BCUT2D eigenvalue weighted by atomic mass is 10.1. The molecular weight excluding hydrogens is 232 g/mol. The maximum Gasteiger partial charge on any atom is 0.0193 e. The molecule has 96 valence electrons. The van der Waals surface area contributed by atoms with Crippen LogP contribution in [0.15, 0.2) is 24.3 Å². The zero-order valence-corrected chi connectivity index (χ0v) is 11.6. The van der Waals surface area contributed by atoms with E-state index >= 15 is 0 Å². The predicted molar refractivity (Wildman–Crippen MR) is 76.0 cm³/mol. The number of nitrogens with zero attached hydrogens (tertiary/aromatic N) is 1. The summed E-state index contributed by atoms with van der Waals surface area (Å²) in [6.07, 6.45) is 1.17. The Morgan fingerprint density at radius 1 is 1.29 bits per heavy atom. The van der Waals surface area contributed by atoms with Crippen molar-refractivity contribution in [1.29, 1.82) is 0 Å². The molecule has 1 fully saturated rings. The molecule has 1 aromatic rings. The lowest BCUT2D eigenvalue weighted by Crippen LogP contribution is -2.50.